The van der Waals surface area contributed by atoms with Gasteiger partial charge >= 0.3 is 0 Å². The highest BCUT2D eigenvalue weighted by atomic mass is 16.2. The number of nitrogens with zero attached hydrogens (tertiary/aromatic N) is 2. The van der Waals surface area contributed by atoms with Crippen molar-refractivity contribution in [2.24, 2.45) is 17.6 Å². The summed E-state index contributed by atoms with van der Waals surface area (Å²) in [6, 6.07) is 2.06. The summed E-state index contributed by atoms with van der Waals surface area (Å²) in [5, 5.41) is 8.47. The standard InChI is InChI=1S/C12H21N3O/c1-15(8-2-7-13)12(16)11-5-3-10(9-14)4-6-11/h10-11H,2-6,8-9,14H2,1H3. The second-order valence-corrected chi connectivity index (χ2v) is 4.62. The molecule has 0 aliphatic heterocycles. The van der Waals surface area contributed by atoms with Gasteiger partial charge in [0.05, 0.1) is 12.5 Å². The molecule has 0 heterocycles. The summed E-state index contributed by atoms with van der Waals surface area (Å²) in [5.74, 6) is 0.964. The van der Waals surface area contributed by atoms with Crippen molar-refractivity contribution in [3.05, 3.63) is 0 Å². The molecular formula is C12H21N3O. The van der Waals surface area contributed by atoms with Gasteiger partial charge in [-0.2, -0.15) is 5.26 Å². The summed E-state index contributed by atoms with van der Waals surface area (Å²) in [4.78, 5) is 13.7. The zero-order chi connectivity index (χ0) is 12.0. The molecule has 0 aromatic heterocycles. The Morgan fingerprint density at radius 2 is 2.06 bits per heavy atom. The van der Waals surface area contributed by atoms with Crippen LogP contribution in [-0.4, -0.2) is 30.9 Å². The largest absolute Gasteiger partial charge is 0.344 e. The van der Waals surface area contributed by atoms with Gasteiger partial charge in [0.25, 0.3) is 0 Å². The zero-order valence-electron chi connectivity index (χ0n) is 9.98. The third kappa shape index (κ3) is 3.49. The highest BCUT2D eigenvalue weighted by molar-refractivity contribution is 5.78. The van der Waals surface area contributed by atoms with Crippen molar-refractivity contribution in [1.29, 1.82) is 5.26 Å². The molecule has 4 nitrogen and oxygen atoms in total. The Balaban J connectivity index is 2.35. The Labute approximate surface area is 97.4 Å². The van der Waals surface area contributed by atoms with Crippen LogP contribution >= 0.6 is 0 Å². The van der Waals surface area contributed by atoms with E-state index in [2.05, 4.69) is 6.07 Å². The predicted molar refractivity (Wildman–Crippen MR) is 62.4 cm³/mol. The van der Waals surface area contributed by atoms with Crippen molar-refractivity contribution in [2.45, 2.75) is 32.1 Å². The molecule has 0 bridgehead atoms. The van der Waals surface area contributed by atoms with Crippen molar-refractivity contribution in [1.82, 2.24) is 4.90 Å². The molecule has 0 aromatic rings. The van der Waals surface area contributed by atoms with Crippen LogP contribution in [0, 0.1) is 23.2 Å². The highest BCUT2D eigenvalue weighted by Gasteiger charge is 2.27. The van der Waals surface area contributed by atoms with E-state index in [-0.39, 0.29) is 11.8 Å². The van der Waals surface area contributed by atoms with Crippen molar-refractivity contribution in [3.63, 3.8) is 0 Å². The lowest BCUT2D eigenvalue weighted by Gasteiger charge is -2.29. The van der Waals surface area contributed by atoms with E-state index in [9.17, 15) is 4.79 Å². The molecule has 4 heteroatoms. The summed E-state index contributed by atoms with van der Waals surface area (Å²) in [6.07, 6.45) is 4.47. The second kappa shape index (κ2) is 6.49. The number of nitriles is 1. The Bertz CT molecular complexity index is 264. The number of rotatable bonds is 4. The first-order valence-electron chi connectivity index (χ1n) is 6.01. The summed E-state index contributed by atoms with van der Waals surface area (Å²) < 4.78 is 0. The summed E-state index contributed by atoms with van der Waals surface area (Å²) >= 11 is 0. The van der Waals surface area contributed by atoms with Crippen molar-refractivity contribution < 1.29 is 4.79 Å². The summed E-state index contributed by atoms with van der Waals surface area (Å²) in [6.45, 7) is 1.29. The zero-order valence-corrected chi connectivity index (χ0v) is 9.98. The van der Waals surface area contributed by atoms with Crippen molar-refractivity contribution in [3.8, 4) is 6.07 Å². The minimum absolute atomic E-state index is 0.159. The van der Waals surface area contributed by atoms with Gasteiger partial charge < -0.3 is 10.6 Å². The van der Waals surface area contributed by atoms with Gasteiger partial charge in [-0.1, -0.05) is 0 Å². The van der Waals surface area contributed by atoms with E-state index in [0.29, 0.717) is 18.9 Å². The van der Waals surface area contributed by atoms with Crippen LogP contribution in [-0.2, 0) is 4.79 Å². The van der Waals surface area contributed by atoms with Gasteiger partial charge in [0.2, 0.25) is 5.91 Å². The average Bonchev–Trinajstić information content (AvgIpc) is 2.35. The Morgan fingerprint density at radius 1 is 1.44 bits per heavy atom. The van der Waals surface area contributed by atoms with E-state index < -0.39 is 0 Å². The summed E-state index contributed by atoms with van der Waals surface area (Å²) in [7, 11) is 1.79. The normalized spacial score (nSPS) is 24.8. The first-order chi connectivity index (χ1) is 7.69. The summed E-state index contributed by atoms with van der Waals surface area (Å²) in [5.41, 5.74) is 5.62. The van der Waals surface area contributed by atoms with Crippen molar-refractivity contribution >= 4 is 5.91 Å². The van der Waals surface area contributed by atoms with Gasteiger partial charge in [0.15, 0.2) is 0 Å². The maximum absolute atomic E-state index is 12.0. The molecule has 1 saturated carbocycles. The minimum Gasteiger partial charge on any atom is -0.344 e. The monoisotopic (exact) mass is 223 g/mol. The topological polar surface area (TPSA) is 70.1 Å². The molecule has 90 valence electrons. The molecule has 2 N–H and O–H groups in total. The third-order valence-corrected chi connectivity index (χ3v) is 3.46. The van der Waals surface area contributed by atoms with Gasteiger partial charge in [-0.05, 0) is 38.1 Å². The van der Waals surface area contributed by atoms with Crippen LogP contribution < -0.4 is 5.73 Å². The average molecular weight is 223 g/mol. The van der Waals surface area contributed by atoms with E-state index in [0.717, 1.165) is 32.2 Å². The van der Waals surface area contributed by atoms with E-state index in [4.69, 9.17) is 11.0 Å². The first-order valence-corrected chi connectivity index (χ1v) is 6.01. The molecule has 0 spiro atoms. The van der Waals surface area contributed by atoms with Crippen LogP contribution in [0.25, 0.3) is 0 Å². The minimum atomic E-state index is 0.159. The molecular weight excluding hydrogens is 202 g/mol. The Kier molecular flexibility index (Phi) is 5.27. The van der Waals surface area contributed by atoms with E-state index in [1.165, 1.54) is 0 Å². The van der Waals surface area contributed by atoms with Crippen LogP contribution in [0.5, 0.6) is 0 Å². The number of nitrogens with two attached hydrogens (primary N) is 1. The Morgan fingerprint density at radius 3 is 2.56 bits per heavy atom. The van der Waals surface area contributed by atoms with Gasteiger partial charge in [-0.25, -0.2) is 0 Å². The predicted octanol–water partition coefficient (Wildman–Crippen LogP) is 1.12. The number of hydrogen-bond donors (Lipinski definition) is 1. The quantitative estimate of drug-likeness (QED) is 0.776. The van der Waals surface area contributed by atoms with Crippen molar-refractivity contribution in [2.75, 3.05) is 20.1 Å². The van der Waals surface area contributed by atoms with E-state index >= 15 is 0 Å². The maximum Gasteiger partial charge on any atom is 0.225 e. The van der Waals surface area contributed by atoms with E-state index in [1.807, 2.05) is 0 Å². The number of hydrogen-bond acceptors (Lipinski definition) is 3. The molecule has 1 fully saturated rings. The number of amides is 1. The van der Waals surface area contributed by atoms with Crippen LogP contribution in [0.2, 0.25) is 0 Å². The molecule has 0 radical (unpaired) electrons. The van der Waals surface area contributed by atoms with Gasteiger partial charge in [-0.3, -0.25) is 4.79 Å². The third-order valence-electron chi connectivity index (χ3n) is 3.46. The lowest BCUT2D eigenvalue weighted by molar-refractivity contribution is -0.135. The molecule has 1 rings (SSSR count). The lowest BCUT2D eigenvalue weighted by Crippen LogP contribution is -2.36. The molecule has 0 atom stereocenters. The van der Waals surface area contributed by atoms with E-state index in [1.54, 1.807) is 11.9 Å². The maximum atomic E-state index is 12.0. The Hall–Kier alpha value is -1.08. The van der Waals surface area contributed by atoms with Gasteiger partial charge in [-0.15, -0.1) is 0 Å². The molecule has 1 aliphatic rings. The molecule has 16 heavy (non-hydrogen) atoms. The second-order valence-electron chi connectivity index (χ2n) is 4.62. The molecule has 0 unspecified atom stereocenters. The molecule has 1 amide bonds. The fraction of sp³-hybridized carbons (Fsp3) is 0.833. The lowest BCUT2D eigenvalue weighted by atomic mass is 9.81. The molecule has 0 aromatic carbocycles. The number of carbonyl (C=O) groups excluding carboxylic acids is 1. The fourth-order valence-corrected chi connectivity index (χ4v) is 2.28. The van der Waals surface area contributed by atoms with Crippen LogP contribution in [0.1, 0.15) is 32.1 Å². The first kappa shape index (κ1) is 13.0. The van der Waals surface area contributed by atoms with Crippen LogP contribution in [0.3, 0.4) is 0 Å². The van der Waals surface area contributed by atoms with Gasteiger partial charge in [0, 0.05) is 19.5 Å². The fourth-order valence-electron chi connectivity index (χ4n) is 2.28. The van der Waals surface area contributed by atoms with Crippen LogP contribution in [0.4, 0.5) is 0 Å². The van der Waals surface area contributed by atoms with Gasteiger partial charge in [0.1, 0.15) is 0 Å². The SMILES string of the molecule is CN(CCC#N)C(=O)C1CCC(CN)CC1. The smallest absolute Gasteiger partial charge is 0.225 e. The molecule has 1 aliphatic carbocycles. The highest BCUT2D eigenvalue weighted by Crippen LogP contribution is 2.29. The molecule has 0 saturated heterocycles. The number of carbonyl (C=O) groups is 1. The van der Waals surface area contributed by atoms with Crippen LogP contribution in [0.15, 0.2) is 0 Å².